The molecule has 2 fully saturated rings. The van der Waals surface area contributed by atoms with Crippen LogP contribution in [0.4, 0.5) is 0 Å². The van der Waals surface area contributed by atoms with Crippen LogP contribution in [0.3, 0.4) is 0 Å². The lowest BCUT2D eigenvalue weighted by Gasteiger charge is -2.26. The first-order valence-electron chi connectivity index (χ1n) is 5.79. The monoisotopic (exact) mass is 196 g/mol. The van der Waals surface area contributed by atoms with Crippen LogP contribution in [0.1, 0.15) is 38.5 Å². The van der Waals surface area contributed by atoms with Gasteiger partial charge >= 0.3 is 0 Å². The molecule has 2 aliphatic carbocycles. The molecule has 2 rings (SSSR count). The normalized spacial score (nSPS) is 32.6. The molecule has 0 radical (unpaired) electrons. The molecule has 0 spiro atoms. The van der Waals surface area contributed by atoms with Crippen molar-refractivity contribution in [3.05, 3.63) is 0 Å². The van der Waals surface area contributed by atoms with E-state index in [1.807, 2.05) is 0 Å². The van der Waals surface area contributed by atoms with E-state index in [1.165, 1.54) is 19.3 Å². The van der Waals surface area contributed by atoms with Gasteiger partial charge in [0.25, 0.3) is 0 Å². The van der Waals surface area contributed by atoms with Crippen LogP contribution in [-0.4, -0.2) is 18.5 Å². The van der Waals surface area contributed by atoms with Crippen molar-refractivity contribution in [2.24, 2.45) is 17.6 Å². The van der Waals surface area contributed by atoms with Crippen LogP contribution in [-0.2, 0) is 4.79 Å². The molecular weight excluding hydrogens is 176 g/mol. The van der Waals surface area contributed by atoms with Gasteiger partial charge in [-0.1, -0.05) is 6.42 Å². The molecule has 3 N–H and O–H groups in total. The van der Waals surface area contributed by atoms with E-state index in [0.29, 0.717) is 0 Å². The van der Waals surface area contributed by atoms with E-state index in [-0.39, 0.29) is 17.9 Å². The lowest BCUT2D eigenvalue weighted by atomic mass is 9.85. The molecule has 0 bridgehead atoms. The van der Waals surface area contributed by atoms with E-state index in [4.69, 9.17) is 5.73 Å². The summed E-state index contributed by atoms with van der Waals surface area (Å²) in [7, 11) is 0. The maximum absolute atomic E-state index is 11.7. The highest BCUT2D eigenvalue weighted by Crippen LogP contribution is 2.27. The zero-order valence-electron chi connectivity index (χ0n) is 8.67. The van der Waals surface area contributed by atoms with E-state index in [9.17, 15) is 4.79 Å². The summed E-state index contributed by atoms with van der Waals surface area (Å²) >= 11 is 0. The van der Waals surface area contributed by atoms with Gasteiger partial charge in [0.05, 0.1) is 0 Å². The first-order chi connectivity index (χ1) is 6.75. The van der Waals surface area contributed by atoms with Crippen LogP contribution in [0.2, 0.25) is 0 Å². The van der Waals surface area contributed by atoms with Gasteiger partial charge in [-0.25, -0.2) is 0 Å². The minimum absolute atomic E-state index is 0.199. The molecule has 0 aromatic carbocycles. The second-order valence-corrected chi connectivity index (χ2v) is 4.81. The van der Waals surface area contributed by atoms with Crippen LogP contribution in [0.25, 0.3) is 0 Å². The SMILES string of the molecule is NC1CCC(C(=O)NCC2CCC2)C1. The minimum Gasteiger partial charge on any atom is -0.356 e. The van der Waals surface area contributed by atoms with Crippen molar-refractivity contribution in [2.75, 3.05) is 6.54 Å². The molecule has 0 heterocycles. The van der Waals surface area contributed by atoms with Gasteiger partial charge in [-0.3, -0.25) is 4.79 Å². The Morgan fingerprint density at radius 3 is 2.57 bits per heavy atom. The average Bonchev–Trinajstić information content (AvgIpc) is 2.49. The number of carbonyl (C=O) groups excluding carboxylic acids is 1. The van der Waals surface area contributed by atoms with Gasteiger partial charge in [-0.2, -0.15) is 0 Å². The predicted octanol–water partition coefficient (Wildman–Crippen LogP) is 1.03. The fraction of sp³-hybridized carbons (Fsp3) is 0.909. The maximum Gasteiger partial charge on any atom is 0.223 e. The highest BCUT2D eigenvalue weighted by Gasteiger charge is 2.28. The summed E-state index contributed by atoms with van der Waals surface area (Å²) in [6.07, 6.45) is 6.82. The average molecular weight is 196 g/mol. The number of amides is 1. The van der Waals surface area contributed by atoms with E-state index >= 15 is 0 Å². The van der Waals surface area contributed by atoms with Crippen LogP contribution < -0.4 is 11.1 Å². The zero-order valence-corrected chi connectivity index (χ0v) is 8.67. The molecule has 0 saturated heterocycles. The van der Waals surface area contributed by atoms with Crippen LogP contribution in [0, 0.1) is 11.8 Å². The molecule has 3 nitrogen and oxygen atoms in total. The second-order valence-electron chi connectivity index (χ2n) is 4.81. The van der Waals surface area contributed by atoms with Crippen molar-refractivity contribution in [1.29, 1.82) is 0 Å². The second kappa shape index (κ2) is 4.30. The topological polar surface area (TPSA) is 55.1 Å². The summed E-state index contributed by atoms with van der Waals surface area (Å²) in [5, 5.41) is 3.05. The van der Waals surface area contributed by atoms with E-state index in [2.05, 4.69) is 5.32 Å². The lowest BCUT2D eigenvalue weighted by molar-refractivity contribution is -0.125. The van der Waals surface area contributed by atoms with Gasteiger partial charge in [-0.15, -0.1) is 0 Å². The van der Waals surface area contributed by atoms with Crippen molar-refractivity contribution in [3.63, 3.8) is 0 Å². The van der Waals surface area contributed by atoms with Gasteiger partial charge < -0.3 is 11.1 Å². The predicted molar refractivity (Wildman–Crippen MR) is 55.7 cm³/mol. The number of carbonyl (C=O) groups is 1. The van der Waals surface area contributed by atoms with Crippen LogP contribution in [0.5, 0.6) is 0 Å². The molecular formula is C11H20N2O. The highest BCUT2D eigenvalue weighted by atomic mass is 16.1. The molecule has 3 heteroatoms. The zero-order chi connectivity index (χ0) is 9.97. The standard InChI is InChI=1S/C11H20N2O/c12-10-5-4-9(6-10)11(14)13-7-8-2-1-3-8/h8-10H,1-7,12H2,(H,13,14). The fourth-order valence-electron chi connectivity index (χ4n) is 2.34. The summed E-state index contributed by atoms with van der Waals surface area (Å²) < 4.78 is 0. The van der Waals surface area contributed by atoms with Gasteiger partial charge in [0.2, 0.25) is 5.91 Å². The Hall–Kier alpha value is -0.570. The van der Waals surface area contributed by atoms with E-state index in [0.717, 1.165) is 31.7 Å². The molecule has 2 unspecified atom stereocenters. The molecule has 1 amide bonds. The Morgan fingerprint density at radius 1 is 1.29 bits per heavy atom. The Morgan fingerprint density at radius 2 is 2.07 bits per heavy atom. The highest BCUT2D eigenvalue weighted by molar-refractivity contribution is 5.79. The fourth-order valence-corrected chi connectivity index (χ4v) is 2.34. The number of nitrogens with one attached hydrogen (secondary N) is 1. The van der Waals surface area contributed by atoms with Crippen LogP contribution in [0.15, 0.2) is 0 Å². The summed E-state index contributed by atoms with van der Waals surface area (Å²) in [5.41, 5.74) is 5.78. The quantitative estimate of drug-likeness (QED) is 0.708. The summed E-state index contributed by atoms with van der Waals surface area (Å²) in [5.74, 6) is 1.20. The molecule has 14 heavy (non-hydrogen) atoms. The number of hydrogen-bond acceptors (Lipinski definition) is 2. The van der Waals surface area contributed by atoms with Crippen molar-refractivity contribution in [1.82, 2.24) is 5.32 Å². The molecule has 0 aromatic rings. The molecule has 2 aliphatic rings. The van der Waals surface area contributed by atoms with Crippen LogP contribution >= 0.6 is 0 Å². The molecule has 2 atom stereocenters. The van der Waals surface area contributed by atoms with Gasteiger partial charge in [0, 0.05) is 18.5 Å². The largest absolute Gasteiger partial charge is 0.356 e. The molecule has 2 saturated carbocycles. The minimum atomic E-state index is 0.199. The Bertz CT molecular complexity index is 213. The molecule has 0 aromatic heterocycles. The van der Waals surface area contributed by atoms with Gasteiger partial charge in [0.15, 0.2) is 0 Å². The summed E-state index contributed by atoms with van der Waals surface area (Å²) in [6, 6.07) is 0.259. The van der Waals surface area contributed by atoms with Gasteiger partial charge in [-0.05, 0) is 38.0 Å². The van der Waals surface area contributed by atoms with E-state index in [1.54, 1.807) is 0 Å². The first-order valence-corrected chi connectivity index (χ1v) is 5.79. The maximum atomic E-state index is 11.7. The van der Waals surface area contributed by atoms with Crippen molar-refractivity contribution < 1.29 is 4.79 Å². The van der Waals surface area contributed by atoms with Crippen molar-refractivity contribution in [3.8, 4) is 0 Å². The third-order valence-corrected chi connectivity index (χ3v) is 3.63. The summed E-state index contributed by atoms with van der Waals surface area (Å²) in [6.45, 7) is 0.893. The smallest absolute Gasteiger partial charge is 0.223 e. The Kier molecular flexibility index (Phi) is 3.06. The third kappa shape index (κ3) is 2.27. The number of rotatable bonds is 3. The molecule has 0 aliphatic heterocycles. The Balaban J connectivity index is 1.67. The van der Waals surface area contributed by atoms with E-state index < -0.39 is 0 Å². The molecule has 80 valence electrons. The first kappa shape index (κ1) is 9.97. The van der Waals surface area contributed by atoms with Crippen molar-refractivity contribution >= 4 is 5.91 Å². The van der Waals surface area contributed by atoms with Gasteiger partial charge in [0.1, 0.15) is 0 Å². The Labute approximate surface area is 85.4 Å². The van der Waals surface area contributed by atoms with Crippen molar-refractivity contribution in [2.45, 2.75) is 44.6 Å². The number of nitrogens with two attached hydrogens (primary N) is 1. The summed E-state index contributed by atoms with van der Waals surface area (Å²) in [4.78, 5) is 11.7. The number of hydrogen-bond donors (Lipinski definition) is 2. The third-order valence-electron chi connectivity index (χ3n) is 3.63. The lowest BCUT2D eigenvalue weighted by Crippen LogP contribution is -2.36.